The first-order valence-electron chi connectivity index (χ1n) is 2.97. The molecule has 0 aliphatic rings. The third kappa shape index (κ3) is 1.36. The summed E-state index contributed by atoms with van der Waals surface area (Å²) in [5, 5.41) is 0.741. The van der Waals surface area contributed by atoms with E-state index in [1.165, 1.54) is 0 Å². The molecule has 0 saturated heterocycles. The Morgan fingerprint density at radius 3 is 2.70 bits per heavy atom. The topological polar surface area (TPSA) is 12.4 Å². The van der Waals surface area contributed by atoms with Gasteiger partial charge in [-0.2, -0.15) is 0 Å². The van der Waals surface area contributed by atoms with Crippen LogP contribution in [0.1, 0.15) is 5.56 Å². The van der Waals surface area contributed by atoms with Crippen molar-refractivity contribution in [3.8, 4) is 0 Å². The molecule has 1 aromatic rings. The minimum absolute atomic E-state index is 0.741. The number of aliphatic imine (C=N–C) groups is 1. The van der Waals surface area contributed by atoms with Gasteiger partial charge in [-0.3, -0.25) is 4.99 Å². The summed E-state index contributed by atoms with van der Waals surface area (Å²) >= 11 is 5.80. The second kappa shape index (κ2) is 2.84. The molecule has 0 unspecified atom stereocenters. The predicted octanol–water partition coefficient (Wildman–Crippen LogP) is 2.98. The van der Waals surface area contributed by atoms with Crippen LogP contribution >= 0.6 is 11.6 Å². The molecule has 1 rings (SSSR count). The summed E-state index contributed by atoms with van der Waals surface area (Å²) in [5.74, 6) is 0. The first kappa shape index (κ1) is 7.29. The summed E-state index contributed by atoms with van der Waals surface area (Å²) in [6.07, 6.45) is 0. The molecule has 10 heavy (non-hydrogen) atoms. The molecule has 0 amide bonds. The lowest BCUT2D eigenvalue weighted by Crippen LogP contribution is -1.72. The Bertz CT molecular complexity index is 255. The zero-order valence-electron chi connectivity index (χ0n) is 5.76. The molecule has 1 aromatic carbocycles. The third-order valence-electron chi connectivity index (χ3n) is 1.34. The van der Waals surface area contributed by atoms with Crippen molar-refractivity contribution in [3.05, 3.63) is 28.8 Å². The van der Waals surface area contributed by atoms with Crippen molar-refractivity contribution >= 4 is 24.0 Å². The van der Waals surface area contributed by atoms with Gasteiger partial charge in [0.15, 0.2) is 0 Å². The van der Waals surface area contributed by atoms with Gasteiger partial charge in [0.05, 0.1) is 5.69 Å². The molecule has 0 atom stereocenters. The maximum absolute atomic E-state index is 5.80. The van der Waals surface area contributed by atoms with E-state index in [0.29, 0.717) is 0 Å². The van der Waals surface area contributed by atoms with Gasteiger partial charge in [-0.1, -0.05) is 17.7 Å². The zero-order chi connectivity index (χ0) is 7.56. The molecule has 52 valence electrons. The van der Waals surface area contributed by atoms with Crippen LogP contribution in [0.5, 0.6) is 0 Å². The molecule has 0 aliphatic carbocycles. The van der Waals surface area contributed by atoms with E-state index in [4.69, 9.17) is 11.6 Å². The Hall–Kier alpha value is -0.820. The molecule has 0 aromatic heterocycles. The van der Waals surface area contributed by atoms with Crippen LogP contribution in [0.4, 0.5) is 5.69 Å². The summed E-state index contributed by atoms with van der Waals surface area (Å²) in [6, 6.07) is 5.60. The summed E-state index contributed by atoms with van der Waals surface area (Å²) in [5.41, 5.74) is 1.88. The highest BCUT2D eigenvalue weighted by atomic mass is 35.5. The lowest BCUT2D eigenvalue weighted by molar-refractivity contribution is 1.44. The number of hydrogen-bond donors (Lipinski definition) is 0. The molecule has 0 aliphatic heterocycles. The first-order chi connectivity index (χ1) is 4.74. The summed E-state index contributed by atoms with van der Waals surface area (Å²) in [4.78, 5) is 3.74. The molecule has 1 nitrogen and oxygen atoms in total. The maximum atomic E-state index is 5.80. The highest BCUT2D eigenvalue weighted by molar-refractivity contribution is 6.31. The van der Waals surface area contributed by atoms with Crippen molar-refractivity contribution in [1.82, 2.24) is 0 Å². The fraction of sp³-hybridized carbons (Fsp3) is 0.125. The largest absolute Gasteiger partial charge is 0.265 e. The second-order valence-corrected chi connectivity index (χ2v) is 2.50. The van der Waals surface area contributed by atoms with Crippen LogP contribution in [-0.2, 0) is 0 Å². The standard InChI is InChI=1S/C8H8ClN/c1-6-3-4-7(10-2)5-8(6)9/h3-5H,2H2,1H3. The van der Waals surface area contributed by atoms with Crippen LogP contribution in [0.15, 0.2) is 23.2 Å². The minimum Gasteiger partial charge on any atom is -0.265 e. The Morgan fingerprint density at radius 1 is 1.50 bits per heavy atom. The summed E-state index contributed by atoms with van der Waals surface area (Å²) in [6.45, 7) is 5.35. The smallest absolute Gasteiger partial charge is 0.0637 e. The van der Waals surface area contributed by atoms with Gasteiger partial charge in [0, 0.05) is 5.02 Å². The number of benzene rings is 1. The Kier molecular flexibility index (Phi) is 2.07. The van der Waals surface area contributed by atoms with Gasteiger partial charge >= 0.3 is 0 Å². The van der Waals surface area contributed by atoms with Crippen molar-refractivity contribution in [3.63, 3.8) is 0 Å². The minimum atomic E-state index is 0.741. The average molecular weight is 154 g/mol. The van der Waals surface area contributed by atoms with Crippen LogP contribution in [-0.4, -0.2) is 6.72 Å². The van der Waals surface area contributed by atoms with Crippen molar-refractivity contribution in [1.29, 1.82) is 0 Å². The number of hydrogen-bond acceptors (Lipinski definition) is 1. The van der Waals surface area contributed by atoms with Crippen molar-refractivity contribution in [2.45, 2.75) is 6.92 Å². The zero-order valence-corrected chi connectivity index (χ0v) is 6.52. The van der Waals surface area contributed by atoms with Crippen molar-refractivity contribution in [2.75, 3.05) is 0 Å². The molecule has 0 bridgehead atoms. The molecule has 0 heterocycles. The molecular formula is C8H8ClN. The van der Waals surface area contributed by atoms with Gasteiger partial charge in [-0.15, -0.1) is 0 Å². The lowest BCUT2D eigenvalue weighted by atomic mass is 10.2. The average Bonchev–Trinajstić information content (AvgIpc) is 1.95. The van der Waals surface area contributed by atoms with E-state index < -0.39 is 0 Å². The van der Waals surface area contributed by atoms with Gasteiger partial charge in [0.2, 0.25) is 0 Å². The van der Waals surface area contributed by atoms with Crippen molar-refractivity contribution in [2.24, 2.45) is 4.99 Å². The van der Waals surface area contributed by atoms with E-state index >= 15 is 0 Å². The summed E-state index contributed by atoms with van der Waals surface area (Å²) in [7, 11) is 0. The number of rotatable bonds is 1. The fourth-order valence-corrected chi connectivity index (χ4v) is 0.855. The van der Waals surface area contributed by atoms with Gasteiger partial charge in [0.25, 0.3) is 0 Å². The summed E-state index contributed by atoms with van der Waals surface area (Å²) < 4.78 is 0. The Labute approximate surface area is 65.4 Å². The Morgan fingerprint density at radius 2 is 2.20 bits per heavy atom. The van der Waals surface area contributed by atoms with Gasteiger partial charge in [-0.25, -0.2) is 0 Å². The first-order valence-corrected chi connectivity index (χ1v) is 3.34. The van der Waals surface area contributed by atoms with Gasteiger partial charge < -0.3 is 0 Å². The number of aryl methyl sites for hydroxylation is 1. The lowest BCUT2D eigenvalue weighted by Gasteiger charge is -1.96. The maximum Gasteiger partial charge on any atom is 0.0637 e. The van der Waals surface area contributed by atoms with E-state index in [0.717, 1.165) is 16.3 Å². The van der Waals surface area contributed by atoms with Crippen LogP contribution in [0.2, 0.25) is 5.02 Å². The van der Waals surface area contributed by atoms with Gasteiger partial charge in [0.1, 0.15) is 0 Å². The fourth-order valence-electron chi connectivity index (χ4n) is 0.680. The van der Waals surface area contributed by atoms with E-state index in [-0.39, 0.29) is 0 Å². The van der Waals surface area contributed by atoms with Crippen LogP contribution in [0, 0.1) is 6.92 Å². The number of halogens is 1. The normalized spacial score (nSPS) is 9.40. The van der Waals surface area contributed by atoms with Crippen molar-refractivity contribution < 1.29 is 0 Å². The van der Waals surface area contributed by atoms with Gasteiger partial charge in [-0.05, 0) is 31.3 Å². The third-order valence-corrected chi connectivity index (χ3v) is 1.75. The van der Waals surface area contributed by atoms with E-state index in [1.54, 1.807) is 6.07 Å². The van der Waals surface area contributed by atoms with E-state index in [9.17, 15) is 0 Å². The SMILES string of the molecule is C=Nc1ccc(C)c(Cl)c1. The monoisotopic (exact) mass is 153 g/mol. The molecule has 0 saturated carbocycles. The molecule has 0 fully saturated rings. The number of nitrogens with zero attached hydrogens (tertiary/aromatic N) is 1. The quantitative estimate of drug-likeness (QED) is 0.550. The second-order valence-electron chi connectivity index (χ2n) is 2.09. The van der Waals surface area contributed by atoms with E-state index in [2.05, 4.69) is 11.7 Å². The highest BCUT2D eigenvalue weighted by Gasteiger charge is 1.93. The Balaban J connectivity index is 3.16. The van der Waals surface area contributed by atoms with Crippen LogP contribution in [0.25, 0.3) is 0 Å². The highest BCUT2D eigenvalue weighted by Crippen LogP contribution is 2.21. The van der Waals surface area contributed by atoms with Crippen LogP contribution < -0.4 is 0 Å². The van der Waals surface area contributed by atoms with E-state index in [1.807, 2.05) is 19.1 Å². The molecule has 2 heteroatoms. The molecule has 0 N–H and O–H groups in total. The van der Waals surface area contributed by atoms with Crippen LogP contribution in [0.3, 0.4) is 0 Å². The molecule has 0 radical (unpaired) electrons. The molecular weight excluding hydrogens is 146 g/mol. The predicted molar refractivity (Wildman–Crippen MR) is 45.4 cm³/mol. The molecule has 0 spiro atoms.